The fraction of sp³-hybridized carbons (Fsp3) is 0.652. The average Bonchev–Trinajstić information content (AvgIpc) is 2.68. The third-order valence-corrected chi connectivity index (χ3v) is 6.53. The largest absolute Gasteiger partial charge is 0.442 e. The Morgan fingerprint density at radius 1 is 0.875 bits per heavy atom. The van der Waals surface area contributed by atoms with Crippen LogP contribution < -0.4 is 0 Å². The van der Waals surface area contributed by atoms with Crippen molar-refractivity contribution in [3.05, 3.63) is 46.8 Å². The molecule has 32 heavy (non-hydrogen) atoms. The van der Waals surface area contributed by atoms with Gasteiger partial charge in [-0.1, -0.05) is 19.8 Å². The number of halogens is 8. The van der Waals surface area contributed by atoms with E-state index in [1.807, 2.05) is 0 Å². The molecule has 0 heterocycles. The fourth-order valence-corrected chi connectivity index (χ4v) is 4.64. The molecule has 1 nitrogen and oxygen atoms in total. The highest BCUT2D eigenvalue weighted by molar-refractivity contribution is 5.31. The number of hydrogen-bond donors (Lipinski definition) is 0. The Labute approximate surface area is 181 Å². The van der Waals surface area contributed by atoms with Crippen molar-refractivity contribution in [3.63, 3.8) is 0 Å². The number of benzene rings is 1. The summed E-state index contributed by atoms with van der Waals surface area (Å²) in [5, 5.41) is 0. The van der Waals surface area contributed by atoms with E-state index in [1.54, 1.807) is 0 Å². The van der Waals surface area contributed by atoms with E-state index in [4.69, 9.17) is 4.74 Å². The van der Waals surface area contributed by atoms with E-state index in [9.17, 15) is 35.1 Å². The van der Waals surface area contributed by atoms with Crippen molar-refractivity contribution in [2.75, 3.05) is 0 Å². The molecule has 0 bridgehead atoms. The lowest BCUT2D eigenvalue weighted by molar-refractivity contribution is -0.280. The first kappa shape index (κ1) is 25.0. The molecule has 2 saturated carbocycles. The number of ether oxygens (including phenoxy) is 1. The SMILES string of the molecule is CC1CCC(c2cc(F)c(C(F)(F)OC3CCC(C=C(F)C(F)(F)F)CC3)c(F)c2)CC1. The van der Waals surface area contributed by atoms with Crippen LogP contribution in [-0.2, 0) is 10.8 Å². The van der Waals surface area contributed by atoms with Gasteiger partial charge in [-0.15, -0.1) is 0 Å². The Morgan fingerprint density at radius 2 is 1.41 bits per heavy atom. The topological polar surface area (TPSA) is 9.23 Å². The molecular weight excluding hydrogens is 444 g/mol. The molecule has 0 saturated heterocycles. The van der Waals surface area contributed by atoms with Crippen LogP contribution in [0.5, 0.6) is 0 Å². The van der Waals surface area contributed by atoms with E-state index < -0.39 is 47.3 Å². The zero-order valence-electron chi connectivity index (χ0n) is 17.6. The van der Waals surface area contributed by atoms with Gasteiger partial charge in [0.1, 0.15) is 17.2 Å². The van der Waals surface area contributed by atoms with E-state index in [-0.39, 0.29) is 31.6 Å². The normalized spacial score (nSPS) is 28.1. The van der Waals surface area contributed by atoms with Gasteiger partial charge in [0.2, 0.25) is 0 Å². The Balaban J connectivity index is 1.65. The third kappa shape index (κ3) is 6.02. The molecule has 0 atom stereocenters. The van der Waals surface area contributed by atoms with Crippen LogP contribution in [0.4, 0.5) is 35.1 Å². The predicted molar refractivity (Wildman–Crippen MR) is 103 cm³/mol. The first-order valence-corrected chi connectivity index (χ1v) is 10.9. The second-order valence-corrected chi connectivity index (χ2v) is 9.00. The standard InChI is InChI=1S/C23H26F8O/c1-13-2-6-15(7-3-13)16-11-18(24)21(19(25)12-16)23(30,31)32-17-8-4-14(5-9-17)10-20(26)22(27,28)29/h10-15,17H,2-9H2,1H3. The van der Waals surface area contributed by atoms with Crippen LogP contribution in [0.3, 0.4) is 0 Å². The summed E-state index contributed by atoms with van der Waals surface area (Å²) in [6.45, 7) is 2.09. The summed E-state index contributed by atoms with van der Waals surface area (Å²) < 4.78 is 113. The van der Waals surface area contributed by atoms with Crippen LogP contribution in [0.25, 0.3) is 0 Å². The van der Waals surface area contributed by atoms with Crippen LogP contribution in [-0.4, -0.2) is 12.3 Å². The van der Waals surface area contributed by atoms with Gasteiger partial charge < -0.3 is 4.74 Å². The molecule has 0 amide bonds. The van der Waals surface area contributed by atoms with Crippen LogP contribution in [0.1, 0.15) is 75.3 Å². The second kappa shape index (κ2) is 9.69. The van der Waals surface area contributed by atoms with Crippen molar-refractivity contribution in [2.24, 2.45) is 11.8 Å². The highest BCUT2D eigenvalue weighted by Crippen LogP contribution is 2.42. The molecule has 0 aliphatic heterocycles. The maximum atomic E-state index is 14.6. The summed E-state index contributed by atoms with van der Waals surface area (Å²) >= 11 is 0. The summed E-state index contributed by atoms with van der Waals surface area (Å²) in [5.41, 5.74) is -1.11. The molecule has 3 rings (SSSR count). The van der Waals surface area contributed by atoms with Gasteiger partial charge in [-0.3, -0.25) is 0 Å². The lowest BCUT2D eigenvalue weighted by Crippen LogP contribution is -2.31. The van der Waals surface area contributed by atoms with Crippen molar-refractivity contribution in [3.8, 4) is 0 Å². The molecule has 0 unspecified atom stereocenters. The first-order chi connectivity index (χ1) is 14.9. The number of alkyl halides is 5. The quantitative estimate of drug-likeness (QED) is 0.393. The molecular formula is C23H26F8O. The van der Waals surface area contributed by atoms with Crippen LogP contribution in [0, 0.1) is 23.5 Å². The van der Waals surface area contributed by atoms with Crippen LogP contribution >= 0.6 is 0 Å². The van der Waals surface area contributed by atoms with E-state index >= 15 is 0 Å². The third-order valence-electron chi connectivity index (χ3n) is 6.53. The number of rotatable bonds is 5. The molecule has 1 aromatic rings. The van der Waals surface area contributed by atoms with Crippen LogP contribution in [0.2, 0.25) is 0 Å². The lowest BCUT2D eigenvalue weighted by Gasteiger charge is -2.31. The Bertz CT molecular complexity index is 793. The van der Waals surface area contributed by atoms with Gasteiger partial charge in [0.15, 0.2) is 5.83 Å². The number of hydrogen-bond acceptors (Lipinski definition) is 1. The second-order valence-electron chi connectivity index (χ2n) is 9.00. The molecule has 9 heteroatoms. The van der Waals surface area contributed by atoms with Crippen molar-refractivity contribution < 1.29 is 39.9 Å². The fourth-order valence-electron chi connectivity index (χ4n) is 4.64. The molecule has 0 N–H and O–H groups in total. The highest BCUT2D eigenvalue weighted by Gasteiger charge is 2.43. The van der Waals surface area contributed by atoms with E-state index in [0.717, 1.165) is 37.8 Å². The smallest absolute Gasteiger partial charge is 0.313 e. The Morgan fingerprint density at radius 3 is 1.91 bits per heavy atom. The molecule has 2 aliphatic rings. The molecule has 2 aliphatic carbocycles. The maximum Gasteiger partial charge on any atom is 0.442 e. The Kier molecular flexibility index (Phi) is 7.57. The summed E-state index contributed by atoms with van der Waals surface area (Å²) in [5.74, 6) is -5.31. The average molecular weight is 470 g/mol. The summed E-state index contributed by atoms with van der Waals surface area (Å²) in [6.07, 6.45) is -6.89. The molecule has 0 radical (unpaired) electrons. The van der Waals surface area contributed by atoms with Crippen molar-refractivity contribution >= 4 is 0 Å². The zero-order valence-corrected chi connectivity index (χ0v) is 17.6. The van der Waals surface area contributed by atoms with E-state index in [2.05, 4.69) is 6.92 Å². The minimum atomic E-state index is -5.09. The van der Waals surface area contributed by atoms with Gasteiger partial charge in [0.05, 0.1) is 6.10 Å². The summed E-state index contributed by atoms with van der Waals surface area (Å²) in [4.78, 5) is 0. The number of allylic oxidation sites excluding steroid dienone is 2. The Hall–Kier alpha value is -1.64. The zero-order chi connectivity index (χ0) is 23.7. The van der Waals surface area contributed by atoms with Gasteiger partial charge in [-0.2, -0.15) is 22.0 Å². The monoisotopic (exact) mass is 470 g/mol. The van der Waals surface area contributed by atoms with Crippen molar-refractivity contribution in [1.82, 2.24) is 0 Å². The molecule has 1 aromatic carbocycles. The lowest BCUT2D eigenvalue weighted by atomic mass is 9.79. The van der Waals surface area contributed by atoms with Crippen molar-refractivity contribution in [2.45, 2.75) is 82.6 Å². The maximum absolute atomic E-state index is 14.6. The van der Waals surface area contributed by atoms with Gasteiger partial charge in [0.25, 0.3) is 0 Å². The van der Waals surface area contributed by atoms with Gasteiger partial charge >= 0.3 is 12.3 Å². The summed E-state index contributed by atoms with van der Waals surface area (Å²) in [6, 6.07) is 1.88. The van der Waals surface area contributed by atoms with Crippen LogP contribution in [0.15, 0.2) is 24.0 Å². The minimum absolute atomic E-state index is 0.00570. The first-order valence-electron chi connectivity index (χ1n) is 10.9. The highest BCUT2D eigenvalue weighted by atomic mass is 19.4. The van der Waals surface area contributed by atoms with Gasteiger partial charge in [-0.05, 0) is 80.1 Å². The molecule has 2 fully saturated rings. The molecule has 180 valence electrons. The van der Waals surface area contributed by atoms with Crippen molar-refractivity contribution in [1.29, 1.82) is 0 Å². The van der Waals surface area contributed by atoms with Gasteiger partial charge in [-0.25, -0.2) is 13.2 Å². The van der Waals surface area contributed by atoms with E-state index in [1.165, 1.54) is 0 Å². The predicted octanol–water partition coefficient (Wildman–Crippen LogP) is 8.30. The summed E-state index contributed by atoms with van der Waals surface area (Å²) in [7, 11) is 0. The van der Waals surface area contributed by atoms with Gasteiger partial charge in [0, 0.05) is 0 Å². The molecule has 0 aromatic heterocycles. The molecule has 0 spiro atoms. The van der Waals surface area contributed by atoms with E-state index in [0.29, 0.717) is 17.6 Å². The minimum Gasteiger partial charge on any atom is -0.313 e.